The minimum absolute atomic E-state index is 0.581. The summed E-state index contributed by atoms with van der Waals surface area (Å²) in [4.78, 5) is 0. The van der Waals surface area contributed by atoms with Gasteiger partial charge in [-0.05, 0) is 11.6 Å². The van der Waals surface area contributed by atoms with Crippen molar-refractivity contribution >= 4 is 0 Å². The predicted octanol–water partition coefficient (Wildman–Crippen LogP) is 2.75. The third-order valence-corrected chi connectivity index (χ3v) is 3.14. The van der Waals surface area contributed by atoms with Gasteiger partial charge >= 0.3 is 0 Å². The van der Waals surface area contributed by atoms with Crippen LogP contribution in [0, 0.1) is 0 Å². The molecule has 0 aromatic heterocycles. The Morgan fingerprint density at radius 3 is 2.89 bits per heavy atom. The highest BCUT2D eigenvalue weighted by Gasteiger charge is 2.09. The third kappa shape index (κ3) is 3.06. The van der Waals surface area contributed by atoms with E-state index in [-0.39, 0.29) is 0 Å². The van der Waals surface area contributed by atoms with Gasteiger partial charge in [-0.25, -0.2) is 0 Å². The molecule has 0 saturated heterocycles. The van der Waals surface area contributed by atoms with Gasteiger partial charge in [-0.1, -0.05) is 36.4 Å². The summed E-state index contributed by atoms with van der Waals surface area (Å²) in [5.74, 6) is 1.78. The maximum atomic E-state index is 5.80. The maximum absolute atomic E-state index is 5.80. The Labute approximate surface area is 113 Å². The van der Waals surface area contributed by atoms with E-state index in [0.29, 0.717) is 13.2 Å². The van der Waals surface area contributed by atoms with Crippen LogP contribution in [0.25, 0.3) is 0 Å². The molecule has 0 spiro atoms. The van der Waals surface area contributed by atoms with E-state index in [9.17, 15) is 0 Å². The standard InChI is InChI=1S/C16H17NO2/c1-2-4-13(5-3-1)12-19-15-7-6-14-11-17-8-9-18-16(14)10-15/h1-7,10,17H,8-9,11-12H2. The van der Waals surface area contributed by atoms with Gasteiger partial charge in [0.25, 0.3) is 0 Å². The molecule has 0 bridgehead atoms. The van der Waals surface area contributed by atoms with Crippen molar-refractivity contribution in [2.45, 2.75) is 13.2 Å². The topological polar surface area (TPSA) is 30.5 Å². The van der Waals surface area contributed by atoms with Crippen molar-refractivity contribution in [1.29, 1.82) is 0 Å². The van der Waals surface area contributed by atoms with Gasteiger partial charge in [0, 0.05) is 24.7 Å². The van der Waals surface area contributed by atoms with Crippen LogP contribution >= 0.6 is 0 Å². The van der Waals surface area contributed by atoms with E-state index in [2.05, 4.69) is 23.5 Å². The van der Waals surface area contributed by atoms with Gasteiger partial charge in [-0.2, -0.15) is 0 Å². The first-order chi connectivity index (χ1) is 9.42. The van der Waals surface area contributed by atoms with Crippen molar-refractivity contribution in [1.82, 2.24) is 5.32 Å². The Hall–Kier alpha value is -2.00. The molecule has 3 heteroatoms. The zero-order valence-electron chi connectivity index (χ0n) is 10.8. The summed E-state index contributed by atoms with van der Waals surface area (Å²) in [6.45, 7) is 3.02. The summed E-state index contributed by atoms with van der Waals surface area (Å²) in [7, 11) is 0. The molecule has 1 aliphatic heterocycles. The van der Waals surface area contributed by atoms with Crippen LogP contribution in [0.3, 0.4) is 0 Å². The van der Waals surface area contributed by atoms with Crippen molar-refractivity contribution in [3.8, 4) is 11.5 Å². The average Bonchev–Trinajstić information content (AvgIpc) is 2.71. The number of rotatable bonds is 3. The molecular weight excluding hydrogens is 238 g/mol. The highest BCUT2D eigenvalue weighted by molar-refractivity contribution is 5.41. The molecule has 19 heavy (non-hydrogen) atoms. The van der Waals surface area contributed by atoms with E-state index in [1.54, 1.807) is 0 Å². The van der Waals surface area contributed by atoms with Crippen molar-refractivity contribution in [2.24, 2.45) is 0 Å². The van der Waals surface area contributed by atoms with Crippen molar-refractivity contribution in [3.63, 3.8) is 0 Å². The molecule has 0 unspecified atom stereocenters. The second kappa shape index (κ2) is 5.76. The van der Waals surface area contributed by atoms with E-state index in [0.717, 1.165) is 24.6 Å². The number of hydrogen-bond donors (Lipinski definition) is 1. The summed E-state index contributed by atoms with van der Waals surface area (Å²) >= 11 is 0. The molecular formula is C16H17NO2. The molecule has 0 aliphatic carbocycles. The highest BCUT2D eigenvalue weighted by atomic mass is 16.5. The molecule has 0 amide bonds. The van der Waals surface area contributed by atoms with E-state index < -0.39 is 0 Å². The van der Waals surface area contributed by atoms with Crippen LogP contribution in [0.15, 0.2) is 48.5 Å². The molecule has 3 rings (SSSR count). The largest absolute Gasteiger partial charge is 0.492 e. The summed E-state index contributed by atoms with van der Waals surface area (Å²) in [5, 5.41) is 3.31. The van der Waals surface area contributed by atoms with Gasteiger partial charge in [0.2, 0.25) is 0 Å². The Morgan fingerprint density at radius 2 is 2.00 bits per heavy atom. The Bertz CT molecular complexity index is 540. The van der Waals surface area contributed by atoms with E-state index in [4.69, 9.17) is 9.47 Å². The first-order valence-electron chi connectivity index (χ1n) is 6.55. The molecule has 0 fully saturated rings. The van der Waals surface area contributed by atoms with Gasteiger partial charge in [0.1, 0.15) is 24.7 Å². The van der Waals surface area contributed by atoms with Crippen LogP contribution in [0.5, 0.6) is 11.5 Å². The molecule has 0 atom stereocenters. The van der Waals surface area contributed by atoms with Crippen molar-refractivity contribution in [2.75, 3.05) is 13.2 Å². The molecule has 2 aromatic carbocycles. The predicted molar refractivity (Wildman–Crippen MR) is 74.4 cm³/mol. The van der Waals surface area contributed by atoms with Crippen molar-refractivity contribution in [3.05, 3.63) is 59.7 Å². The highest BCUT2D eigenvalue weighted by Crippen LogP contribution is 2.26. The lowest BCUT2D eigenvalue weighted by molar-refractivity contribution is 0.297. The van der Waals surface area contributed by atoms with Crippen LogP contribution in [-0.4, -0.2) is 13.2 Å². The smallest absolute Gasteiger partial charge is 0.127 e. The minimum Gasteiger partial charge on any atom is -0.492 e. The van der Waals surface area contributed by atoms with Gasteiger partial charge in [-0.15, -0.1) is 0 Å². The zero-order chi connectivity index (χ0) is 12.9. The second-order valence-corrected chi connectivity index (χ2v) is 4.57. The SMILES string of the molecule is c1ccc(COc2ccc3c(c2)OCCNC3)cc1. The molecule has 0 saturated carbocycles. The number of fused-ring (bicyclic) bond motifs is 1. The summed E-state index contributed by atoms with van der Waals surface area (Å²) in [5.41, 5.74) is 2.35. The lowest BCUT2D eigenvalue weighted by Gasteiger charge is -2.10. The van der Waals surface area contributed by atoms with Gasteiger partial charge in [0.05, 0.1) is 0 Å². The van der Waals surface area contributed by atoms with Crippen LogP contribution in [-0.2, 0) is 13.2 Å². The Balaban J connectivity index is 1.70. The molecule has 3 nitrogen and oxygen atoms in total. The van der Waals surface area contributed by atoms with Crippen LogP contribution in [0.1, 0.15) is 11.1 Å². The monoisotopic (exact) mass is 255 g/mol. The fourth-order valence-corrected chi connectivity index (χ4v) is 2.10. The maximum Gasteiger partial charge on any atom is 0.127 e. The second-order valence-electron chi connectivity index (χ2n) is 4.57. The van der Waals surface area contributed by atoms with Gasteiger partial charge < -0.3 is 14.8 Å². The van der Waals surface area contributed by atoms with Gasteiger partial charge in [0.15, 0.2) is 0 Å². The molecule has 98 valence electrons. The van der Waals surface area contributed by atoms with Gasteiger partial charge in [-0.3, -0.25) is 0 Å². The number of ether oxygens (including phenoxy) is 2. The van der Waals surface area contributed by atoms with E-state index in [1.165, 1.54) is 11.1 Å². The fraction of sp³-hybridized carbons (Fsp3) is 0.250. The minimum atomic E-state index is 0.581. The lowest BCUT2D eigenvalue weighted by Crippen LogP contribution is -2.16. The molecule has 0 radical (unpaired) electrons. The molecule has 2 aromatic rings. The molecule has 1 aliphatic rings. The fourth-order valence-electron chi connectivity index (χ4n) is 2.10. The molecule has 1 N–H and O–H groups in total. The first-order valence-corrected chi connectivity index (χ1v) is 6.55. The number of hydrogen-bond acceptors (Lipinski definition) is 3. The average molecular weight is 255 g/mol. The van der Waals surface area contributed by atoms with Crippen LogP contribution in [0.4, 0.5) is 0 Å². The summed E-state index contributed by atoms with van der Waals surface area (Å²) in [6.07, 6.45) is 0. The normalized spacial score (nSPS) is 14.1. The molecule has 1 heterocycles. The summed E-state index contributed by atoms with van der Waals surface area (Å²) in [6, 6.07) is 16.2. The van der Waals surface area contributed by atoms with Crippen LogP contribution < -0.4 is 14.8 Å². The van der Waals surface area contributed by atoms with E-state index in [1.807, 2.05) is 30.3 Å². The number of nitrogens with one attached hydrogen (secondary N) is 1. The first kappa shape index (κ1) is 12.1. The van der Waals surface area contributed by atoms with Crippen molar-refractivity contribution < 1.29 is 9.47 Å². The van der Waals surface area contributed by atoms with Crippen LogP contribution in [0.2, 0.25) is 0 Å². The zero-order valence-corrected chi connectivity index (χ0v) is 10.8. The quantitative estimate of drug-likeness (QED) is 0.914. The summed E-state index contributed by atoms with van der Waals surface area (Å²) < 4.78 is 11.5. The third-order valence-electron chi connectivity index (χ3n) is 3.14. The van der Waals surface area contributed by atoms with E-state index >= 15 is 0 Å². The number of benzene rings is 2. The Kier molecular flexibility index (Phi) is 3.65. The Morgan fingerprint density at radius 1 is 1.11 bits per heavy atom. The lowest BCUT2D eigenvalue weighted by atomic mass is 10.2.